The largest absolute Gasteiger partial charge is 0.497 e. The highest BCUT2D eigenvalue weighted by atomic mass is 32.1. The molecule has 0 radical (unpaired) electrons. The molecule has 8 heteroatoms. The second kappa shape index (κ2) is 10.6. The topological polar surface area (TPSA) is 64.1 Å². The highest BCUT2D eigenvalue weighted by Gasteiger charge is 2.21. The number of amides is 1. The molecular formula is C23H27N3O4S. The summed E-state index contributed by atoms with van der Waals surface area (Å²) in [6.45, 7) is 4.94. The van der Waals surface area contributed by atoms with E-state index in [-0.39, 0.29) is 12.3 Å². The third-order valence-corrected chi connectivity index (χ3v) is 6.23. The van der Waals surface area contributed by atoms with E-state index in [9.17, 15) is 4.79 Å². The fourth-order valence-electron chi connectivity index (χ4n) is 3.44. The van der Waals surface area contributed by atoms with E-state index in [1.807, 2.05) is 48.5 Å². The van der Waals surface area contributed by atoms with Crippen LogP contribution >= 0.6 is 11.3 Å². The van der Waals surface area contributed by atoms with Gasteiger partial charge in [-0.1, -0.05) is 29.5 Å². The Kier molecular flexibility index (Phi) is 7.35. The van der Waals surface area contributed by atoms with Crippen LogP contribution in [0.5, 0.6) is 11.5 Å². The van der Waals surface area contributed by atoms with Gasteiger partial charge in [0, 0.05) is 26.2 Å². The molecule has 31 heavy (non-hydrogen) atoms. The lowest BCUT2D eigenvalue weighted by atomic mass is 10.3. The molecule has 0 aliphatic carbocycles. The Bertz CT molecular complexity index is 989. The number of methoxy groups -OCH3 is 1. The molecule has 0 unspecified atom stereocenters. The number of hydrogen-bond donors (Lipinski definition) is 0. The number of morpholine rings is 1. The Hall–Kier alpha value is -2.68. The Morgan fingerprint density at radius 2 is 1.97 bits per heavy atom. The molecule has 3 aromatic rings. The molecule has 0 bridgehead atoms. The molecule has 2 heterocycles. The molecule has 1 fully saturated rings. The van der Waals surface area contributed by atoms with Crippen molar-refractivity contribution in [1.29, 1.82) is 0 Å². The van der Waals surface area contributed by atoms with Crippen molar-refractivity contribution in [2.24, 2.45) is 0 Å². The van der Waals surface area contributed by atoms with Gasteiger partial charge in [0.15, 0.2) is 5.13 Å². The highest BCUT2D eigenvalue weighted by molar-refractivity contribution is 7.22. The second-order valence-electron chi connectivity index (χ2n) is 7.24. The average Bonchev–Trinajstić information content (AvgIpc) is 3.23. The summed E-state index contributed by atoms with van der Waals surface area (Å²) in [4.78, 5) is 22.0. The number of carbonyl (C=O) groups is 1. The zero-order valence-electron chi connectivity index (χ0n) is 17.7. The zero-order valence-corrected chi connectivity index (χ0v) is 18.5. The van der Waals surface area contributed by atoms with Crippen molar-refractivity contribution in [3.63, 3.8) is 0 Å². The van der Waals surface area contributed by atoms with E-state index >= 15 is 0 Å². The van der Waals surface area contributed by atoms with E-state index in [1.165, 1.54) is 11.3 Å². The summed E-state index contributed by atoms with van der Waals surface area (Å²) in [7, 11) is 1.65. The fourth-order valence-corrected chi connectivity index (χ4v) is 4.47. The smallest absolute Gasteiger partial charge is 0.232 e. The molecular weight excluding hydrogens is 414 g/mol. The first-order valence-electron chi connectivity index (χ1n) is 10.5. The molecule has 0 atom stereocenters. The number of ether oxygens (including phenoxy) is 3. The fraction of sp³-hybridized carbons (Fsp3) is 0.391. The number of hydrogen-bond acceptors (Lipinski definition) is 7. The number of aromatic nitrogens is 1. The van der Waals surface area contributed by atoms with Crippen molar-refractivity contribution in [3.05, 3.63) is 48.5 Å². The molecule has 1 amide bonds. The number of anilines is 1. The SMILES string of the molecule is COc1ccc2nc(N(CCN3CCOCC3)C(=O)CCOc3ccccc3)sc2c1. The summed E-state index contributed by atoms with van der Waals surface area (Å²) in [5.41, 5.74) is 0.866. The molecule has 0 N–H and O–H groups in total. The van der Waals surface area contributed by atoms with Gasteiger partial charge in [0.2, 0.25) is 5.91 Å². The van der Waals surface area contributed by atoms with Crippen LogP contribution in [0.2, 0.25) is 0 Å². The molecule has 1 aliphatic rings. The first kappa shape index (κ1) is 21.5. The number of para-hydroxylation sites is 1. The normalized spacial score (nSPS) is 14.5. The third-order valence-electron chi connectivity index (χ3n) is 5.19. The third kappa shape index (κ3) is 5.72. The van der Waals surface area contributed by atoms with Crippen molar-refractivity contribution >= 4 is 32.6 Å². The van der Waals surface area contributed by atoms with Crippen LogP contribution in [0.25, 0.3) is 10.2 Å². The zero-order chi connectivity index (χ0) is 21.5. The second-order valence-corrected chi connectivity index (χ2v) is 8.25. The maximum absolute atomic E-state index is 13.2. The van der Waals surface area contributed by atoms with Crippen LogP contribution in [-0.2, 0) is 9.53 Å². The van der Waals surface area contributed by atoms with Gasteiger partial charge < -0.3 is 14.2 Å². The first-order chi connectivity index (χ1) is 15.2. The number of carbonyl (C=O) groups excluding carboxylic acids is 1. The Morgan fingerprint density at radius 1 is 1.16 bits per heavy atom. The number of thiazole rings is 1. The Morgan fingerprint density at radius 3 is 2.74 bits per heavy atom. The highest BCUT2D eigenvalue weighted by Crippen LogP contribution is 2.31. The molecule has 4 rings (SSSR count). The lowest BCUT2D eigenvalue weighted by Gasteiger charge is -2.29. The van der Waals surface area contributed by atoms with Crippen LogP contribution < -0.4 is 14.4 Å². The van der Waals surface area contributed by atoms with Gasteiger partial charge in [0.05, 0.1) is 43.6 Å². The molecule has 7 nitrogen and oxygen atoms in total. The predicted octanol–water partition coefficient (Wildman–Crippen LogP) is 3.44. The van der Waals surface area contributed by atoms with Gasteiger partial charge in [-0.3, -0.25) is 14.6 Å². The van der Waals surface area contributed by atoms with E-state index in [1.54, 1.807) is 12.0 Å². The van der Waals surface area contributed by atoms with Crippen molar-refractivity contribution in [3.8, 4) is 11.5 Å². The van der Waals surface area contributed by atoms with Gasteiger partial charge in [0.25, 0.3) is 0 Å². The molecule has 1 aromatic heterocycles. The summed E-state index contributed by atoms with van der Waals surface area (Å²) < 4.78 is 17.5. The van der Waals surface area contributed by atoms with Crippen LogP contribution in [0.1, 0.15) is 6.42 Å². The van der Waals surface area contributed by atoms with Crippen LogP contribution in [0.4, 0.5) is 5.13 Å². The summed E-state index contributed by atoms with van der Waals surface area (Å²) in [6.07, 6.45) is 0.289. The molecule has 164 valence electrons. The standard InChI is InChI=1S/C23H27N3O4S/c1-28-19-7-8-20-21(17-19)31-23(24-20)26(11-10-25-12-15-29-16-13-25)22(27)9-14-30-18-5-3-2-4-6-18/h2-8,17H,9-16H2,1H3. The molecule has 0 saturated carbocycles. The lowest BCUT2D eigenvalue weighted by molar-refractivity contribution is -0.119. The number of fused-ring (bicyclic) bond motifs is 1. The number of nitrogens with zero attached hydrogens (tertiary/aromatic N) is 3. The number of benzene rings is 2. The Labute approximate surface area is 186 Å². The van der Waals surface area contributed by atoms with Gasteiger partial charge in [-0.15, -0.1) is 0 Å². The average molecular weight is 442 g/mol. The van der Waals surface area contributed by atoms with Gasteiger partial charge in [-0.05, 0) is 30.3 Å². The molecule has 2 aromatic carbocycles. The summed E-state index contributed by atoms with van der Waals surface area (Å²) in [5, 5.41) is 0.709. The van der Waals surface area contributed by atoms with Crippen molar-refractivity contribution in [2.45, 2.75) is 6.42 Å². The van der Waals surface area contributed by atoms with Crippen LogP contribution in [0.3, 0.4) is 0 Å². The van der Waals surface area contributed by atoms with Gasteiger partial charge in [-0.2, -0.15) is 0 Å². The number of rotatable bonds is 9. The van der Waals surface area contributed by atoms with Crippen LogP contribution in [0.15, 0.2) is 48.5 Å². The van der Waals surface area contributed by atoms with E-state index in [0.717, 1.165) is 54.6 Å². The van der Waals surface area contributed by atoms with E-state index in [2.05, 4.69) is 4.90 Å². The van der Waals surface area contributed by atoms with Crippen molar-refractivity contribution in [2.75, 3.05) is 58.0 Å². The minimum atomic E-state index is 0.00946. The van der Waals surface area contributed by atoms with Crippen molar-refractivity contribution in [1.82, 2.24) is 9.88 Å². The molecule has 1 saturated heterocycles. The lowest BCUT2D eigenvalue weighted by Crippen LogP contribution is -2.43. The van der Waals surface area contributed by atoms with Crippen molar-refractivity contribution < 1.29 is 19.0 Å². The summed E-state index contributed by atoms with van der Waals surface area (Å²) in [5.74, 6) is 1.56. The monoisotopic (exact) mass is 441 g/mol. The summed E-state index contributed by atoms with van der Waals surface area (Å²) >= 11 is 1.51. The minimum Gasteiger partial charge on any atom is -0.497 e. The van der Waals surface area contributed by atoms with Crippen LogP contribution in [0, 0.1) is 0 Å². The van der Waals surface area contributed by atoms with Gasteiger partial charge >= 0.3 is 0 Å². The Balaban J connectivity index is 1.46. The van der Waals surface area contributed by atoms with Crippen LogP contribution in [-0.4, -0.2) is 68.9 Å². The maximum atomic E-state index is 13.2. The van der Waals surface area contributed by atoms with E-state index in [0.29, 0.717) is 18.3 Å². The first-order valence-corrected chi connectivity index (χ1v) is 11.3. The minimum absolute atomic E-state index is 0.00946. The van der Waals surface area contributed by atoms with E-state index < -0.39 is 0 Å². The van der Waals surface area contributed by atoms with Gasteiger partial charge in [-0.25, -0.2) is 4.98 Å². The molecule has 0 spiro atoms. The maximum Gasteiger partial charge on any atom is 0.232 e. The molecule has 1 aliphatic heterocycles. The summed E-state index contributed by atoms with van der Waals surface area (Å²) in [6, 6.07) is 15.3. The predicted molar refractivity (Wildman–Crippen MR) is 122 cm³/mol. The quantitative estimate of drug-likeness (QED) is 0.507. The van der Waals surface area contributed by atoms with E-state index in [4.69, 9.17) is 19.2 Å². The van der Waals surface area contributed by atoms with Gasteiger partial charge in [0.1, 0.15) is 11.5 Å².